The van der Waals surface area contributed by atoms with Crippen molar-refractivity contribution in [2.75, 3.05) is 24.6 Å². The Morgan fingerprint density at radius 2 is 1.85 bits per heavy atom. The second-order valence-corrected chi connectivity index (χ2v) is 7.05. The zero-order chi connectivity index (χ0) is 14.4. The molecule has 1 aliphatic rings. The molecule has 1 saturated heterocycles. The van der Waals surface area contributed by atoms with Crippen molar-refractivity contribution in [2.45, 2.75) is 37.0 Å². The second-order valence-electron chi connectivity index (χ2n) is 5.12. The summed E-state index contributed by atoms with van der Waals surface area (Å²) in [6.07, 6.45) is 6.07. The Balaban J connectivity index is 1.88. The van der Waals surface area contributed by atoms with Gasteiger partial charge in [-0.3, -0.25) is 4.79 Å². The Hall–Kier alpha value is -0.680. The minimum Gasteiger partial charge on any atom is -0.398 e. The molecule has 0 unspecified atom stereocenters. The van der Waals surface area contributed by atoms with E-state index in [-0.39, 0.29) is 5.91 Å². The highest BCUT2D eigenvalue weighted by atomic mass is 79.9. The number of nitrogen functional groups attached to an aromatic ring is 1. The summed E-state index contributed by atoms with van der Waals surface area (Å²) in [5.41, 5.74) is 6.67. The van der Waals surface area contributed by atoms with Crippen molar-refractivity contribution in [3.05, 3.63) is 22.7 Å². The number of nitrogens with two attached hydrogens (primary N) is 1. The first kappa shape index (κ1) is 15.7. The van der Waals surface area contributed by atoms with E-state index < -0.39 is 0 Å². The van der Waals surface area contributed by atoms with Gasteiger partial charge in [-0.1, -0.05) is 35.2 Å². The van der Waals surface area contributed by atoms with Crippen LogP contribution in [0.5, 0.6) is 0 Å². The molecule has 2 N–H and O–H groups in total. The third-order valence-corrected chi connectivity index (χ3v) is 5.08. The predicted molar refractivity (Wildman–Crippen MR) is 88.9 cm³/mol. The highest BCUT2D eigenvalue weighted by Gasteiger charge is 2.15. The molecule has 0 spiro atoms. The van der Waals surface area contributed by atoms with Gasteiger partial charge in [0.1, 0.15) is 0 Å². The van der Waals surface area contributed by atoms with Crippen LogP contribution >= 0.6 is 27.7 Å². The Morgan fingerprint density at radius 1 is 1.20 bits per heavy atom. The topological polar surface area (TPSA) is 46.3 Å². The summed E-state index contributed by atoms with van der Waals surface area (Å²) < 4.78 is 0.993. The quantitative estimate of drug-likeness (QED) is 0.659. The van der Waals surface area contributed by atoms with Gasteiger partial charge in [0.05, 0.1) is 5.75 Å². The fourth-order valence-electron chi connectivity index (χ4n) is 2.36. The molecule has 20 heavy (non-hydrogen) atoms. The molecule has 110 valence electrons. The minimum atomic E-state index is 0.233. The minimum absolute atomic E-state index is 0.233. The summed E-state index contributed by atoms with van der Waals surface area (Å²) in [6, 6.07) is 5.76. The van der Waals surface area contributed by atoms with Gasteiger partial charge in [0.15, 0.2) is 0 Å². The van der Waals surface area contributed by atoms with E-state index in [2.05, 4.69) is 15.9 Å². The third-order valence-electron chi connectivity index (χ3n) is 3.54. The number of anilines is 1. The van der Waals surface area contributed by atoms with Crippen LogP contribution in [0, 0.1) is 0 Å². The Morgan fingerprint density at radius 3 is 2.55 bits per heavy atom. The van der Waals surface area contributed by atoms with Crippen molar-refractivity contribution in [3.63, 3.8) is 0 Å². The Labute approximate surface area is 133 Å². The fraction of sp³-hybridized carbons (Fsp3) is 0.533. The lowest BCUT2D eigenvalue weighted by Gasteiger charge is -2.24. The van der Waals surface area contributed by atoms with E-state index in [4.69, 9.17) is 5.73 Å². The van der Waals surface area contributed by atoms with Gasteiger partial charge in [0.25, 0.3) is 0 Å². The van der Waals surface area contributed by atoms with Crippen molar-refractivity contribution in [1.29, 1.82) is 0 Å². The normalized spacial score (nSPS) is 16.6. The molecule has 1 aromatic carbocycles. The van der Waals surface area contributed by atoms with Crippen LogP contribution in [0.3, 0.4) is 0 Å². The summed E-state index contributed by atoms with van der Waals surface area (Å²) in [5.74, 6) is 0.706. The molecule has 1 heterocycles. The van der Waals surface area contributed by atoms with E-state index in [0.717, 1.165) is 41.0 Å². The average molecular weight is 357 g/mol. The lowest BCUT2D eigenvalue weighted by atomic mass is 10.1. The van der Waals surface area contributed by atoms with E-state index in [0.29, 0.717) is 5.75 Å². The van der Waals surface area contributed by atoms with E-state index in [9.17, 15) is 4.79 Å². The van der Waals surface area contributed by atoms with Crippen LogP contribution in [0.2, 0.25) is 0 Å². The molecule has 3 nitrogen and oxygen atoms in total. The van der Waals surface area contributed by atoms with Crippen LogP contribution in [0.15, 0.2) is 27.6 Å². The predicted octanol–water partition coefficient (Wildman–Crippen LogP) is 3.92. The maximum Gasteiger partial charge on any atom is 0.232 e. The van der Waals surface area contributed by atoms with Crippen molar-refractivity contribution in [1.82, 2.24) is 4.90 Å². The number of halogens is 1. The number of rotatable bonds is 3. The van der Waals surface area contributed by atoms with Crippen molar-refractivity contribution >= 4 is 39.3 Å². The molecule has 1 aromatic rings. The first-order valence-electron chi connectivity index (χ1n) is 7.12. The van der Waals surface area contributed by atoms with E-state index in [1.807, 2.05) is 23.1 Å². The summed E-state index contributed by atoms with van der Waals surface area (Å²) in [5, 5.41) is 0. The van der Waals surface area contributed by atoms with Crippen LogP contribution in [-0.4, -0.2) is 29.6 Å². The van der Waals surface area contributed by atoms with Gasteiger partial charge in [-0.05, 0) is 31.0 Å². The van der Waals surface area contributed by atoms with E-state index in [1.165, 1.54) is 31.0 Å². The molecular weight excluding hydrogens is 336 g/mol. The van der Waals surface area contributed by atoms with Crippen LogP contribution in [0.4, 0.5) is 5.69 Å². The maximum atomic E-state index is 12.3. The molecule has 0 bridgehead atoms. The largest absolute Gasteiger partial charge is 0.398 e. The van der Waals surface area contributed by atoms with Gasteiger partial charge in [0.2, 0.25) is 5.91 Å². The third kappa shape index (κ3) is 4.70. The highest BCUT2D eigenvalue weighted by molar-refractivity contribution is 9.10. The van der Waals surface area contributed by atoms with Crippen LogP contribution < -0.4 is 5.73 Å². The number of nitrogens with zero attached hydrogens (tertiary/aromatic N) is 1. The second kappa shape index (κ2) is 7.93. The number of amides is 1. The van der Waals surface area contributed by atoms with E-state index in [1.54, 1.807) is 0 Å². The van der Waals surface area contributed by atoms with Crippen LogP contribution in [0.1, 0.15) is 32.1 Å². The number of likely N-dealkylation sites (tertiary alicyclic amines) is 1. The number of thioether (sulfide) groups is 1. The molecule has 1 amide bonds. The van der Waals surface area contributed by atoms with E-state index >= 15 is 0 Å². The summed E-state index contributed by atoms with van der Waals surface area (Å²) in [7, 11) is 0. The highest BCUT2D eigenvalue weighted by Crippen LogP contribution is 2.28. The SMILES string of the molecule is Nc1ccc(Br)cc1SCC(=O)N1CCCCCCC1. The number of hydrogen-bond donors (Lipinski definition) is 1. The fourth-order valence-corrected chi connectivity index (χ4v) is 3.78. The molecule has 0 atom stereocenters. The Kier molecular flexibility index (Phi) is 6.23. The lowest BCUT2D eigenvalue weighted by Crippen LogP contribution is -2.35. The van der Waals surface area contributed by atoms with Gasteiger partial charge in [-0.25, -0.2) is 0 Å². The average Bonchev–Trinajstić information content (AvgIpc) is 2.39. The summed E-state index contributed by atoms with van der Waals surface area (Å²) in [6.45, 7) is 1.82. The number of carbonyl (C=O) groups is 1. The molecule has 0 radical (unpaired) electrons. The van der Waals surface area contributed by atoms with Gasteiger partial charge in [-0.15, -0.1) is 11.8 Å². The monoisotopic (exact) mass is 356 g/mol. The molecular formula is C15H21BrN2OS. The molecule has 1 fully saturated rings. The summed E-state index contributed by atoms with van der Waals surface area (Å²) >= 11 is 4.96. The Bertz CT molecular complexity index is 459. The van der Waals surface area contributed by atoms with Gasteiger partial charge >= 0.3 is 0 Å². The van der Waals surface area contributed by atoms with Crippen molar-refractivity contribution in [2.24, 2.45) is 0 Å². The zero-order valence-electron chi connectivity index (χ0n) is 11.6. The molecule has 1 aliphatic heterocycles. The van der Waals surface area contributed by atoms with Crippen LogP contribution in [-0.2, 0) is 4.79 Å². The summed E-state index contributed by atoms with van der Waals surface area (Å²) in [4.78, 5) is 15.3. The van der Waals surface area contributed by atoms with Gasteiger partial charge < -0.3 is 10.6 Å². The molecule has 5 heteroatoms. The molecule has 0 saturated carbocycles. The first-order chi connectivity index (χ1) is 9.66. The smallest absolute Gasteiger partial charge is 0.232 e. The van der Waals surface area contributed by atoms with Crippen LogP contribution in [0.25, 0.3) is 0 Å². The number of benzene rings is 1. The standard InChI is InChI=1S/C15H21BrN2OS/c16-12-6-7-13(17)14(10-12)20-11-15(19)18-8-4-2-1-3-5-9-18/h6-7,10H,1-5,8-9,11,17H2. The maximum absolute atomic E-state index is 12.3. The molecule has 0 aliphatic carbocycles. The first-order valence-corrected chi connectivity index (χ1v) is 8.90. The number of carbonyl (C=O) groups excluding carboxylic acids is 1. The lowest BCUT2D eigenvalue weighted by molar-refractivity contribution is -0.128. The van der Waals surface area contributed by atoms with Crippen molar-refractivity contribution < 1.29 is 4.79 Å². The van der Waals surface area contributed by atoms with Gasteiger partial charge in [0, 0.05) is 28.1 Å². The molecule has 2 rings (SSSR count). The van der Waals surface area contributed by atoms with Gasteiger partial charge in [-0.2, -0.15) is 0 Å². The zero-order valence-corrected chi connectivity index (χ0v) is 14.0. The number of hydrogen-bond acceptors (Lipinski definition) is 3. The molecule has 0 aromatic heterocycles. The van der Waals surface area contributed by atoms with Crippen molar-refractivity contribution in [3.8, 4) is 0 Å².